The number of fused-ring (bicyclic) bond motifs is 1. The molecule has 3 rings (SSSR count). The molecule has 1 amide bonds. The summed E-state index contributed by atoms with van der Waals surface area (Å²) >= 11 is 0. The van der Waals surface area contributed by atoms with E-state index < -0.39 is 18.0 Å². The second kappa shape index (κ2) is 10.5. The van der Waals surface area contributed by atoms with Crippen LogP contribution in [-0.2, 0) is 14.3 Å². The van der Waals surface area contributed by atoms with Crippen LogP contribution in [0.25, 0.3) is 0 Å². The molecule has 0 saturated carbocycles. The number of ether oxygens (including phenoxy) is 4. The fourth-order valence-corrected chi connectivity index (χ4v) is 2.87. The molecule has 1 heterocycles. The summed E-state index contributed by atoms with van der Waals surface area (Å²) in [6.45, 7) is 4.26. The largest absolute Gasteiger partial charge is 0.494 e. The first-order valence-electron chi connectivity index (χ1n) is 10.1. The van der Waals surface area contributed by atoms with E-state index in [1.165, 1.54) is 13.8 Å². The normalized spacial score (nSPS) is 13.1. The average molecular weight is 427 g/mol. The van der Waals surface area contributed by atoms with E-state index in [-0.39, 0.29) is 12.2 Å². The SMILES string of the molecule is CC(=O)c1ccc(OCCCC(=O)O[C@@H](C)C(=O)Nc2ccc3c(c2)OCCO3)cc1. The molecule has 31 heavy (non-hydrogen) atoms. The number of anilines is 1. The minimum atomic E-state index is -0.944. The Labute approximate surface area is 180 Å². The highest BCUT2D eigenvalue weighted by atomic mass is 16.6. The zero-order valence-corrected chi connectivity index (χ0v) is 17.5. The number of carbonyl (C=O) groups is 3. The molecule has 0 fully saturated rings. The maximum Gasteiger partial charge on any atom is 0.306 e. The van der Waals surface area contributed by atoms with Crippen molar-refractivity contribution in [1.29, 1.82) is 0 Å². The van der Waals surface area contributed by atoms with E-state index in [0.29, 0.717) is 54.7 Å². The van der Waals surface area contributed by atoms with Gasteiger partial charge in [-0.05, 0) is 56.7 Å². The van der Waals surface area contributed by atoms with E-state index in [4.69, 9.17) is 18.9 Å². The molecule has 8 heteroatoms. The Hall–Kier alpha value is -3.55. The number of hydrogen-bond donors (Lipinski definition) is 1. The van der Waals surface area contributed by atoms with E-state index in [1.54, 1.807) is 42.5 Å². The highest BCUT2D eigenvalue weighted by molar-refractivity contribution is 5.95. The van der Waals surface area contributed by atoms with Crippen LogP contribution < -0.4 is 19.5 Å². The molecule has 0 aliphatic carbocycles. The van der Waals surface area contributed by atoms with Crippen LogP contribution in [-0.4, -0.2) is 43.6 Å². The zero-order chi connectivity index (χ0) is 22.2. The molecular formula is C23H25NO7. The summed E-state index contributed by atoms with van der Waals surface area (Å²) in [5.41, 5.74) is 1.14. The first kappa shape index (κ1) is 22.1. The van der Waals surface area contributed by atoms with Crippen LogP contribution in [0.5, 0.6) is 17.2 Å². The summed E-state index contributed by atoms with van der Waals surface area (Å²) in [7, 11) is 0. The van der Waals surface area contributed by atoms with Crippen molar-refractivity contribution in [3.63, 3.8) is 0 Å². The summed E-state index contributed by atoms with van der Waals surface area (Å²) < 4.78 is 21.7. The Morgan fingerprint density at radius 2 is 1.74 bits per heavy atom. The summed E-state index contributed by atoms with van der Waals surface area (Å²) in [4.78, 5) is 35.6. The van der Waals surface area contributed by atoms with Gasteiger partial charge in [0.15, 0.2) is 23.4 Å². The van der Waals surface area contributed by atoms with Crippen molar-refractivity contribution in [2.45, 2.75) is 32.8 Å². The van der Waals surface area contributed by atoms with E-state index in [1.807, 2.05) is 0 Å². The molecular weight excluding hydrogens is 402 g/mol. The van der Waals surface area contributed by atoms with Crippen LogP contribution in [0, 0.1) is 0 Å². The van der Waals surface area contributed by atoms with Crippen LogP contribution >= 0.6 is 0 Å². The van der Waals surface area contributed by atoms with Gasteiger partial charge in [0.2, 0.25) is 0 Å². The molecule has 0 unspecified atom stereocenters. The Balaban J connectivity index is 1.37. The van der Waals surface area contributed by atoms with Gasteiger partial charge in [0.25, 0.3) is 5.91 Å². The van der Waals surface area contributed by atoms with Crippen molar-refractivity contribution >= 4 is 23.3 Å². The predicted molar refractivity (Wildman–Crippen MR) is 113 cm³/mol. The van der Waals surface area contributed by atoms with Gasteiger partial charge in [0, 0.05) is 23.7 Å². The van der Waals surface area contributed by atoms with E-state index >= 15 is 0 Å². The topological polar surface area (TPSA) is 100 Å². The molecule has 1 aliphatic rings. The Morgan fingerprint density at radius 3 is 2.45 bits per heavy atom. The highest BCUT2D eigenvalue weighted by Crippen LogP contribution is 2.32. The van der Waals surface area contributed by atoms with E-state index in [2.05, 4.69) is 5.32 Å². The number of benzene rings is 2. The molecule has 0 saturated heterocycles. The van der Waals surface area contributed by atoms with Crippen LogP contribution in [0.2, 0.25) is 0 Å². The molecule has 0 spiro atoms. The van der Waals surface area contributed by atoms with Crippen LogP contribution in [0.15, 0.2) is 42.5 Å². The van der Waals surface area contributed by atoms with Gasteiger partial charge in [-0.25, -0.2) is 0 Å². The summed E-state index contributed by atoms with van der Waals surface area (Å²) in [5.74, 6) is 0.865. The van der Waals surface area contributed by atoms with Gasteiger partial charge in [0.05, 0.1) is 6.61 Å². The monoisotopic (exact) mass is 427 g/mol. The lowest BCUT2D eigenvalue weighted by Crippen LogP contribution is -2.30. The lowest BCUT2D eigenvalue weighted by atomic mass is 10.1. The van der Waals surface area contributed by atoms with Crippen LogP contribution in [0.1, 0.15) is 37.0 Å². The van der Waals surface area contributed by atoms with Gasteiger partial charge < -0.3 is 24.3 Å². The van der Waals surface area contributed by atoms with Gasteiger partial charge in [-0.3, -0.25) is 14.4 Å². The highest BCUT2D eigenvalue weighted by Gasteiger charge is 2.19. The van der Waals surface area contributed by atoms with Crippen molar-refractivity contribution in [2.75, 3.05) is 25.1 Å². The molecule has 1 aliphatic heterocycles. The van der Waals surface area contributed by atoms with Gasteiger partial charge in [-0.15, -0.1) is 0 Å². The summed E-state index contributed by atoms with van der Waals surface area (Å²) in [6, 6.07) is 11.9. The molecule has 2 aromatic rings. The number of carbonyl (C=O) groups excluding carboxylic acids is 3. The molecule has 0 bridgehead atoms. The second-order valence-electron chi connectivity index (χ2n) is 7.01. The minimum absolute atomic E-state index is 0.0126. The van der Waals surface area contributed by atoms with Gasteiger partial charge in [-0.1, -0.05) is 0 Å². The second-order valence-corrected chi connectivity index (χ2v) is 7.01. The molecule has 0 aromatic heterocycles. The number of amides is 1. The Kier molecular flexibility index (Phi) is 7.48. The molecule has 164 valence electrons. The van der Waals surface area contributed by atoms with Crippen molar-refractivity contribution in [2.24, 2.45) is 0 Å². The fraction of sp³-hybridized carbons (Fsp3) is 0.348. The summed E-state index contributed by atoms with van der Waals surface area (Å²) in [6.07, 6.45) is -0.391. The number of rotatable bonds is 9. The number of Topliss-reactive ketones (excluding diaryl/α,β-unsaturated/α-hetero) is 1. The van der Waals surface area contributed by atoms with Gasteiger partial charge in [-0.2, -0.15) is 0 Å². The van der Waals surface area contributed by atoms with Crippen LogP contribution in [0.4, 0.5) is 5.69 Å². The molecule has 0 radical (unpaired) electrons. The molecule has 8 nitrogen and oxygen atoms in total. The third kappa shape index (κ3) is 6.47. The van der Waals surface area contributed by atoms with Crippen molar-refractivity contribution in [1.82, 2.24) is 0 Å². The third-order valence-electron chi connectivity index (χ3n) is 4.54. The number of hydrogen-bond acceptors (Lipinski definition) is 7. The minimum Gasteiger partial charge on any atom is -0.494 e. The average Bonchev–Trinajstić information content (AvgIpc) is 2.77. The molecule has 2 aromatic carbocycles. The molecule has 1 atom stereocenters. The van der Waals surface area contributed by atoms with Crippen LogP contribution in [0.3, 0.4) is 0 Å². The Morgan fingerprint density at radius 1 is 1.03 bits per heavy atom. The number of ketones is 1. The summed E-state index contributed by atoms with van der Waals surface area (Å²) in [5, 5.41) is 2.70. The molecule has 1 N–H and O–H groups in total. The lowest BCUT2D eigenvalue weighted by molar-refractivity contribution is -0.153. The first-order valence-corrected chi connectivity index (χ1v) is 10.1. The maximum atomic E-state index is 12.3. The van der Waals surface area contributed by atoms with Crippen molar-refractivity contribution < 1.29 is 33.3 Å². The fourth-order valence-electron chi connectivity index (χ4n) is 2.87. The predicted octanol–water partition coefficient (Wildman–Crippen LogP) is 3.39. The smallest absolute Gasteiger partial charge is 0.306 e. The van der Waals surface area contributed by atoms with Crippen molar-refractivity contribution in [3.8, 4) is 17.2 Å². The quantitative estimate of drug-likeness (QED) is 0.372. The zero-order valence-electron chi connectivity index (χ0n) is 17.5. The Bertz CT molecular complexity index is 939. The number of nitrogens with one attached hydrogen (secondary N) is 1. The van der Waals surface area contributed by atoms with E-state index in [0.717, 1.165) is 0 Å². The van der Waals surface area contributed by atoms with Crippen molar-refractivity contribution in [3.05, 3.63) is 48.0 Å². The first-order chi connectivity index (χ1) is 14.9. The van der Waals surface area contributed by atoms with E-state index in [9.17, 15) is 14.4 Å². The maximum absolute atomic E-state index is 12.3. The number of esters is 1. The third-order valence-corrected chi connectivity index (χ3v) is 4.54. The van der Waals surface area contributed by atoms with Gasteiger partial charge in [0.1, 0.15) is 19.0 Å². The lowest BCUT2D eigenvalue weighted by Gasteiger charge is -2.19. The van der Waals surface area contributed by atoms with Gasteiger partial charge >= 0.3 is 5.97 Å². The standard InChI is InChI=1S/C23H25NO7/c1-15(25)17-5-8-19(9-6-17)28-11-3-4-22(26)31-16(2)23(27)24-18-7-10-20-21(14-18)30-13-12-29-20/h5-10,14,16H,3-4,11-13H2,1-2H3,(H,24,27)/t16-/m0/s1.